The van der Waals surface area contributed by atoms with Gasteiger partial charge in [0.25, 0.3) is 0 Å². The van der Waals surface area contributed by atoms with E-state index in [0.717, 1.165) is 6.42 Å². The van der Waals surface area contributed by atoms with Gasteiger partial charge in [0.2, 0.25) is 11.2 Å². The van der Waals surface area contributed by atoms with Crippen LogP contribution in [-0.4, -0.2) is 11.2 Å². The molecule has 0 unspecified atom stereocenters. The molecule has 0 aliphatic heterocycles. The molecule has 12 heavy (non-hydrogen) atoms. The molecule has 0 spiro atoms. The van der Waals surface area contributed by atoms with Crippen LogP contribution < -0.4 is 0 Å². The zero-order chi connectivity index (χ0) is 9.61. The van der Waals surface area contributed by atoms with E-state index in [1.807, 2.05) is 6.92 Å². The minimum atomic E-state index is -2.72. The molecule has 0 rings (SSSR count). The van der Waals surface area contributed by atoms with Crippen LogP contribution in [-0.2, 0) is 4.79 Å². The summed E-state index contributed by atoms with van der Waals surface area (Å²) in [4.78, 5) is 10.2. The first kappa shape index (κ1) is 11.8. The van der Waals surface area contributed by atoms with Crippen molar-refractivity contribution in [2.75, 3.05) is 0 Å². The van der Waals surface area contributed by atoms with Crippen LogP contribution in [0.2, 0.25) is 0 Å². The molecule has 0 aliphatic rings. The molecule has 0 fully saturated rings. The number of unbranched alkanes of at least 4 members (excludes halogenated alkanes) is 1. The maximum atomic E-state index is 12.8. The fourth-order valence-corrected chi connectivity index (χ4v) is 0.936. The highest BCUT2D eigenvalue weighted by molar-refractivity contribution is 6.63. The molecule has 0 bridgehead atoms. The van der Waals surface area contributed by atoms with Crippen LogP contribution in [0.5, 0.6) is 0 Å². The molecule has 0 aromatic rings. The summed E-state index contributed by atoms with van der Waals surface area (Å²) in [5.41, 5.74) is 0. The number of carbonyl (C=O) groups excluding carboxylic acids is 1. The lowest BCUT2D eigenvalue weighted by Crippen LogP contribution is -2.16. The highest BCUT2D eigenvalue weighted by Crippen LogP contribution is 2.26. The van der Waals surface area contributed by atoms with Gasteiger partial charge in [0.1, 0.15) is 0 Å². The molecular weight excluding hydrogens is 186 g/mol. The number of rotatable bonds is 6. The Labute approximate surface area is 76.1 Å². The number of carbonyl (C=O) groups is 1. The zero-order valence-corrected chi connectivity index (χ0v) is 7.83. The van der Waals surface area contributed by atoms with E-state index in [-0.39, 0.29) is 12.8 Å². The minimum absolute atomic E-state index is 0.145. The second kappa shape index (κ2) is 5.46. The lowest BCUT2D eigenvalue weighted by Gasteiger charge is -2.13. The standard InChI is InChI=1S/C8H13ClF2O/c1-2-3-5-8(10,11)6-4-7(9)12/h2-6H2,1H3. The van der Waals surface area contributed by atoms with Crippen LogP contribution in [0, 0.1) is 0 Å². The van der Waals surface area contributed by atoms with E-state index in [9.17, 15) is 13.6 Å². The molecule has 0 heterocycles. The van der Waals surface area contributed by atoms with Gasteiger partial charge in [-0.2, -0.15) is 0 Å². The van der Waals surface area contributed by atoms with Gasteiger partial charge >= 0.3 is 0 Å². The first-order chi connectivity index (χ1) is 5.48. The summed E-state index contributed by atoms with van der Waals surface area (Å²) in [7, 11) is 0. The van der Waals surface area contributed by atoms with Crippen molar-refractivity contribution >= 4 is 16.8 Å². The first-order valence-electron chi connectivity index (χ1n) is 4.04. The van der Waals surface area contributed by atoms with Gasteiger partial charge in [0, 0.05) is 19.3 Å². The van der Waals surface area contributed by atoms with Crippen LogP contribution in [0.4, 0.5) is 8.78 Å². The van der Waals surface area contributed by atoms with Gasteiger partial charge in [0.05, 0.1) is 0 Å². The van der Waals surface area contributed by atoms with E-state index < -0.39 is 17.6 Å². The predicted octanol–water partition coefficient (Wildman–Crippen LogP) is 3.36. The summed E-state index contributed by atoms with van der Waals surface area (Å²) in [5.74, 6) is -2.72. The summed E-state index contributed by atoms with van der Waals surface area (Å²) < 4.78 is 25.5. The Balaban J connectivity index is 3.63. The maximum absolute atomic E-state index is 12.8. The number of halogens is 3. The third kappa shape index (κ3) is 6.53. The van der Waals surface area contributed by atoms with Crippen LogP contribution >= 0.6 is 11.6 Å². The average molecular weight is 199 g/mol. The van der Waals surface area contributed by atoms with Crippen molar-refractivity contribution in [1.82, 2.24) is 0 Å². The molecule has 0 amide bonds. The molecule has 0 saturated heterocycles. The van der Waals surface area contributed by atoms with Gasteiger partial charge in [-0.25, -0.2) is 8.78 Å². The van der Waals surface area contributed by atoms with E-state index in [1.165, 1.54) is 0 Å². The van der Waals surface area contributed by atoms with Crippen molar-refractivity contribution in [1.29, 1.82) is 0 Å². The van der Waals surface area contributed by atoms with Crippen molar-refractivity contribution in [3.8, 4) is 0 Å². The summed E-state index contributed by atoms with van der Waals surface area (Å²) in [6, 6.07) is 0. The number of hydrogen-bond donors (Lipinski definition) is 0. The van der Waals surface area contributed by atoms with Crippen LogP contribution in [0.15, 0.2) is 0 Å². The van der Waals surface area contributed by atoms with Crippen LogP contribution in [0.25, 0.3) is 0 Å². The molecule has 0 radical (unpaired) electrons. The van der Waals surface area contributed by atoms with E-state index in [2.05, 4.69) is 0 Å². The third-order valence-corrected chi connectivity index (χ3v) is 1.77. The van der Waals surface area contributed by atoms with Crippen molar-refractivity contribution in [2.45, 2.75) is 45.0 Å². The lowest BCUT2D eigenvalue weighted by atomic mass is 10.1. The minimum Gasteiger partial charge on any atom is -0.281 e. The monoisotopic (exact) mass is 198 g/mol. The summed E-state index contributed by atoms with van der Waals surface area (Å²) in [5, 5.41) is -0.689. The fraction of sp³-hybridized carbons (Fsp3) is 0.875. The zero-order valence-electron chi connectivity index (χ0n) is 7.08. The summed E-state index contributed by atoms with van der Waals surface area (Å²) in [6.45, 7) is 1.85. The molecule has 0 N–H and O–H groups in total. The van der Waals surface area contributed by atoms with Crippen molar-refractivity contribution in [3.05, 3.63) is 0 Å². The average Bonchev–Trinajstić information content (AvgIpc) is 1.98. The third-order valence-electron chi connectivity index (χ3n) is 1.58. The first-order valence-corrected chi connectivity index (χ1v) is 4.42. The van der Waals surface area contributed by atoms with Crippen LogP contribution in [0.3, 0.4) is 0 Å². The molecule has 0 aromatic carbocycles. The topological polar surface area (TPSA) is 17.1 Å². The largest absolute Gasteiger partial charge is 0.281 e. The summed E-state index contributed by atoms with van der Waals surface area (Å²) in [6.07, 6.45) is 0.426. The molecule has 0 saturated carbocycles. The lowest BCUT2D eigenvalue weighted by molar-refractivity contribution is -0.113. The highest BCUT2D eigenvalue weighted by Gasteiger charge is 2.27. The fourth-order valence-electron chi connectivity index (χ4n) is 0.842. The van der Waals surface area contributed by atoms with Gasteiger partial charge in [-0.3, -0.25) is 4.79 Å². The smallest absolute Gasteiger partial charge is 0.248 e. The van der Waals surface area contributed by atoms with Gasteiger partial charge < -0.3 is 0 Å². The molecular formula is C8H13ClF2O. The second-order valence-corrected chi connectivity index (χ2v) is 3.24. The normalized spacial score (nSPS) is 11.7. The Morgan fingerprint density at radius 3 is 2.42 bits per heavy atom. The van der Waals surface area contributed by atoms with Gasteiger partial charge in [-0.15, -0.1) is 0 Å². The Hall–Kier alpha value is -0.180. The van der Waals surface area contributed by atoms with Crippen LogP contribution in [0.1, 0.15) is 39.0 Å². The van der Waals surface area contributed by atoms with E-state index in [4.69, 9.17) is 11.6 Å². The van der Waals surface area contributed by atoms with Gasteiger partial charge in [-0.05, 0) is 18.0 Å². The van der Waals surface area contributed by atoms with E-state index in [1.54, 1.807) is 0 Å². The molecule has 72 valence electrons. The molecule has 1 nitrogen and oxygen atoms in total. The predicted molar refractivity (Wildman–Crippen MR) is 44.6 cm³/mol. The van der Waals surface area contributed by atoms with Crippen molar-refractivity contribution < 1.29 is 13.6 Å². The number of hydrogen-bond acceptors (Lipinski definition) is 1. The van der Waals surface area contributed by atoms with Crippen molar-refractivity contribution in [3.63, 3.8) is 0 Å². The summed E-state index contributed by atoms with van der Waals surface area (Å²) >= 11 is 4.95. The van der Waals surface area contributed by atoms with Crippen molar-refractivity contribution in [2.24, 2.45) is 0 Å². The SMILES string of the molecule is CCCCC(F)(F)CCC(=O)Cl. The number of alkyl halides is 2. The second-order valence-electron chi connectivity index (χ2n) is 2.81. The quantitative estimate of drug-likeness (QED) is 0.599. The Morgan fingerprint density at radius 1 is 1.42 bits per heavy atom. The Bertz CT molecular complexity index is 148. The van der Waals surface area contributed by atoms with E-state index in [0.29, 0.717) is 6.42 Å². The Morgan fingerprint density at radius 2 is 2.00 bits per heavy atom. The highest BCUT2D eigenvalue weighted by atomic mass is 35.5. The molecule has 0 aliphatic carbocycles. The molecule has 0 aromatic heterocycles. The van der Waals surface area contributed by atoms with E-state index >= 15 is 0 Å². The molecule has 0 atom stereocenters. The maximum Gasteiger partial charge on any atom is 0.248 e. The van der Waals surface area contributed by atoms with Gasteiger partial charge in [-0.1, -0.05) is 13.3 Å². The molecule has 4 heteroatoms. The Kier molecular flexibility index (Phi) is 5.38. The van der Waals surface area contributed by atoms with Gasteiger partial charge in [0.15, 0.2) is 0 Å².